The van der Waals surface area contributed by atoms with Gasteiger partial charge in [0.1, 0.15) is 0 Å². The second-order valence-corrected chi connectivity index (χ2v) is 5.51. The summed E-state index contributed by atoms with van der Waals surface area (Å²) in [5.41, 5.74) is -0.0591. The Morgan fingerprint density at radius 1 is 1.06 bits per heavy atom. The average molecular weight is 251 g/mol. The van der Waals surface area contributed by atoms with E-state index < -0.39 is 5.97 Å². The number of fused-ring (bicyclic) bond motifs is 1. The standard InChI is InChI=1S/C14H21NO3/c16-12(7-8-13(17)18)15-14-9-3-1-5-11(14)6-2-4-10-14/h7-8,11H,1-6,9-10H2,(H,15,16)(H,17,18). The highest BCUT2D eigenvalue weighted by atomic mass is 16.4. The summed E-state index contributed by atoms with van der Waals surface area (Å²) in [6.07, 6.45) is 11.4. The number of nitrogens with one attached hydrogen (secondary N) is 1. The molecule has 18 heavy (non-hydrogen) atoms. The van der Waals surface area contributed by atoms with Gasteiger partial charge in [-0.2, -0.15) is 0 Å². The molecule has 0 heterocycles. The van der Waals surface area contributed by atoms with Gasteiger partial charge in [-0.05, 0) is 31.6 Å². The Morgan fingerprint density at radius 3 is 2.22 bits per heavy atom. The number of carbonyl (C=O) groups is 2. The van der Waals surface area contributed by atoms with E-state index in [2.05, 4.69) is 5.32 Å². The summed E-state index contributed by atoms with van der Waals surface area (Å²) >= 11 is 0. The van der Waals surface area contributed by atoms with Crippen LogP contribution in [-0.2, 0) is 9.59 Å². The molecule has 0 aromatic rings. The molecule has 0 aromatic heterocycles. The summed E-state index contributed by atoms with van der Waals surface area (Å²) in [5, 5.41) is 11.6. The van der Waals surface area contributed by atoms with Gasteiger partial charge in [-0.1, -0.05) is 25.7 Å². The third-order valence-corrected chi connectivity index (χ3v) is 4.38. The summed E-state index contributed by atoms with van der Waals surface area (Å²) in [6.45, 7) is 0. The van der Waals surface area contributed by atoms with Gasteiger partial charge in [-0.3, -0.25) is 4.79 Å². The number of rotatable bonds is 3. The Balaban J connectivity index is 2.03. The molecule has 0 unspecified atom stereocenters. The number of carboxylic acids is 1. The van der Waals surface area contributed by atoms with Gasteiger partial charge in [-0.25, -0.2) is 4.79 Å². The zero-order chi connectivity index (χ0) is 13.0. The fourth-order valence-corrected chi connectivity index (χ4v) is 3.55. The largest absolute Gasteiger partial charge is 0.478 e. The van der Waals surface area contributed by atoms with Crippen LogP contribution >= 0.6 is 0 Å². The van der Waals surface area contributed by atoms with Gasteiger partial charge >= 0.3 is 5.97 Å². The number of carbonyl (C=O) groups excluding carboxylic acids is 1. The Hall–Kier alpha value is -1.32. The Kier molecular flexibility index (Phi) is 4.04. The first kappa shape index (κ1) is 13.1. The minimum absolute atomic E-state index is 0.0591. The fraction of sp³-hybridized carbons (Fsp3) is 0.714. The van der Waals surface area contributed by atoms with Gasteiger partial charge in [0.15, 0.2) is 0 Å². The molecular formula is C14H21NO3. The van der Waals surface area contributed by atoms with Crippen molar-refractivity contribution in [2.45, 2.75) is 56.9 Å². The predicted molar refractivity (Wildman–Crippen MR) is 68.1 cm³/mol. The van der Waals surface area contributed by atoms with E-state index in [0.29, 0.717) is 5.92 Å². The molecule has 0 aliphatic heterocycles. The zero-order valence-corrected chi connectivity index (χ0v) is 10.7. The van der Waals surface area contributed by atoms with E-state index in [0.717, 1.165) is 25.0 Å². The van der Waals surface area contributed by atoms with Crippen molar-refractivity contribution < 1.29 is 14.7 Å². The summed E-state index contributed by atoms with van der Waals surface area (Å²) in [5.74, 6) is -0.750. The van der Waals surface area contributed by atoms with E-state index in [9.17, 15) is 9.59 Å². The van der Waals surface area contributed by atoms with Crippen LogP contribution in [0, 0.1) is 5.92 Å². The molecular weight excluding hydrogens is 230 g/mol. The van der Waals surface area contributed by atoms with Crippen LogP contribution in [0.5, 0.6) is 0 Å². The molecule has 2 aliphatic carbocycles. The highest BCUT2D eigenvalue weighted by molar-refractivity contribution is 5.94. The van der Waals surface area contributed by atoms with Crippen molar-refractivity contribution in [3.63, 3.8) is 0 Å². The van der Waals surface area contributed by atoms with Crippen LogP contribution in [0.4, 0.5) is 0 Å². The van der Waals surface area contributed by atoms with Crippen molar-refractivity contribution in [2.75, 3.05) is 0 Å². The third kappa shape index (κ3) is 2.92. The minimum Gasteiger partial charge on any atom is -0.478 e. The van der Waals surface area contributed by atoms with Crippen LogP contribution in [0.25, 0.3) is 0 Å². The number of carboxylic acid groups (broad SMARTS) is 1. The van der Waals surface area contributed by atoms with Crippen LogP contribution in [0.1, 0.15) is 51.4 Å². The molecule has 2 N–H and O–H groups in total. The molecule has 4 heteroatoms. The summed E-state index contributed by atoms with van der Waals surface area (Å²) in [6, 6.07) is 0. The SMILES string of the molecule is O=C(O)C=CC(=O)NC12CCCCC1CCCC2. The summed E-state index contributed by atoms with van der Waals surface area (Å²) in [4.78, 5) is 22.2. The van der Waals surface area contributed by atoms with Crippen molar-refractivity contribution in [1.82, 2.24) is 5.32 Å². The van der Waals surface area contributed by atoms with Crippen LogP contribution in [0.15, 0.2) is 12.2 Å². The van der Waals surface area contributed by atoms with E-state index in [1.165, 1.54) is 38.5 Å². The molecule has 0 spiro atoms. The Bertz CT molecular complexity index is 350. The monoisotopic (exact) mass is 251 g/mol. The molecule has 0 saturated heterocycles. The maximum Gasteiger partial charge on any atom is 0.328 e. The average Bonchev–Trinajstić information content (AvgIpc) is 2.36. The van der Waals surface area contributed by atoms with Crippen LogP contribution in [0.2, 0.25) is 0 Å². The smallest absolute Gasteiger partial charge is 0.328 e. The molecule has 4 nitrogen and oxygen atoms in total. The molecule has 0 radical (unpaired) electrons. The van der Waals surface area contributed by atoms with Crippen LogP contribution < -0.4 is 5.32 Å². The molecule has 2 saturated carbocycles. The maximum absolute atomic E-state index is 11.8. The first-order valence-corrected chi connectivity index (χ1v) is 6.85. The van der Waals surface area contributed by atoms with Gasteiger partial charge < -0.3 is 10.4 Å². The van der Waals surface area contributed by atoms with Gasteiger partial charge in [0.25, 0.3) is 0 Å². The van der Waals surface area contributed by atoms with Gasteiger partial charge in [0.05, 0.1) is 0 Å². The molecule has 2 aliphatic rings. The third-order valence-electron chi connectivity index (χ3n) is 4.38. The lowest BCUT2D eigenvalue weighted by Crippen LogP contribution is -2.56. The van der Waals surface area contributed by atoms with E-state index >= 15 is 0 Å². The lowest BCUT2D eigenvalue weighted by Gasteiger charge is -2.48. The quantitative estimate of drug-likeness (QED) is 0.756. The molecule has 0 aromatic carbocycles. The van der Waals surface area contributed by atoms with Crippen molar-refractivity contribution in [3.05, 3.63) is 12.2 Å². The summed E-state index contributed by atoms with van der Waals surface area (Å²) < 4.78 is 0. The molecule has 1 amide bonds. The van der Waals surface area contributed by atoms with Crippen molar-refractivity contribution in [3.8, 4) is 0 Å². The molecule has 0 bridgehead atoms. The van der Waals surface area contributed by atoms with E-state index in [-0.39, 0.29) is 11.4 Å². The van der Waals surface area contributed by atoms with Gasteiger partial charge in [-0.15, -0.1) is 0 Å². The van der Waals surface area contributed by atoms with E-state index in [1.54, 1.807) is 0 Å². The second kappa shape index (κ2) is 5.55. The zero-order valence-electron chi connectivity index (χ0n) is 10.7. The topological polar surface area (TPSA) is 66.4 Å². The highest BCUT2D eigenvalue weighted by Crippen LogP contribution is 2.43. The van der Waals surface area contributed by atoms with Gasteiger partial charge in [0.2, 0.25) is 5.91 Å². The molecule has 2 fully saturated rings. The van der Waals surface area contributed by atoms with E-state index in [1.807, 2.05) is 0 Å². The highest BCUT2D eigenvalue weighted by Gasteiger charge is 2.42. The van der Waals surface area contributed by atoms with E-state index in [4.69, 9.17) is 5.11 Å². The molecule has 0 atom stereocenters. The minimum atomic E-state index is -1.08. The first-order valence-electron chi connectivity index (χ1n) is 6.85. The normalized spacial score (nSPS) is 31.9. The Labute approximate surface area is 107 Å². The predicted octanol–water partition coefficient (Wildman–Crippen LogP) is 2.25. The van der Waals surface area contributed by atoms with Gasteiger partial charge in [0, 0.05) is 17.7 Å². The number of hydrogen-bond donors (Lipinski definition) is 2. The van der Waals surface area contributed by atoms with Crippen molar-refractivity contribution >= 4 is 11.9 Å². The lowest BCUT2D eigenvalue weighted by atomic mass is 9.65. The second-order valence-electron chi connectivity index (χ2n) is 5.51. The summed E-state index contributed by atoms with van der Waals surface area (Å²) in [7, 11) is 0. The number of amides is 1. The van der Waals surface area contributed by atoms with Crippen molar-refractivity contribution in [2.24, 2.45) is 5.92 Å². The van der Waals surface area contributed by atoms with Crippen molar-refractivity contribution in [1.29, 1.82) is 0 Å². The lowest BCUT2D eigenvalue weighted by molar-refractivity contribution is -0.131. The van der Waals surface area contributed by atoms with Crippen LogP contribution in [0.3, 0.4) is 0 Å². The number of aliphatic carboxylic acids is 1. The molecule has 100 valence electrons. The Morgan fingerprint density at radius 2 is 1.67 bits per heavy atom. The number of hydrogen-bond acceptors (Lipinski definition) is 2. The fourth-order valence-electron chi connectivity index (χ4n) is 3.55. The van der Waals surface area contributed by atoms with Crippen LogP contribution in [-0.4, -0.2) is 22.5 Å². The maximum atomic E-state index is 11.8. The molecule has 2 rings (SSSR count). The first-order chi connectivity index (χ1) is 8.62.